The number of nitrogens with zero attached hydrogens (tertiary/aromatic N) is 1. The summed E-state index contributed by atoms with van der Waals surface area (Å²) in [5.41, 5.74) is 2.88. The molecule has 26 heavy (non-hydrogen) atoms. The fourth-order valence-electron chi connectivity index (χ4n) is 2.88. The minimum Gasteiger partial charge on any atom is -0.497 e. The third kappa shape index (κ3) is 4.61. The van der Waals surface area contributed by atoms with Crippen LogP contribution in [0.2, 0.25) is 0 Å². The van der Waals surface area contributed by atoms with E-state index in [2.05, 4.69) is 17.0 Å². The van der Waals surface area contributed by atoms with Gasteiger partial charge in [-0.1, -0.05) is 36.4 Å². The van der Waals surface area contributed by atoms with Gasteiger partial charge in [0.15, 0.2) is 5.78 Å². The minimum atomic E-state index is -0.0294. The Hall–Kier alpha value is -2.85. The first kappa shape index (κ1) is 18.0. The number of carbonyl (C=O) groups is 1. The van der Waals surface area contributed by atoms with E-state index in [0.717, 1.165) is 43.3 Å². The predicted octanol–water partition coefficient (Wildman–Crippen LogP) is 3.81. The molecule has 1 heterocycles. The monoisotopic (exact) mass is 349 g/mol. The molecule has 1 aliphatic heterocycles. The molecule has 0 unspecified atom stereocenters. The van der Waals surface area contributed by atoms with E-state index in [1.807, 2.05) is 30.4 Å². The lowest BCUT2D eigenvalue weighted by Gasteiger charge is -2.31. The van der Waals surface area contributed by atoms with Crippen molar-refractivity contribution < 1.29 is 14.3 Å². The molecule has 2 aromatic carbocycles. The number of ether oxygens (including phenoxy) is 2. The van der Waals surface area contributed by atoms with Crippen molar-refractivity contribution in [2.45, 2.75) is 0 Å². The number of hydrogen-bond acceptors (Lipinski definition) is 4. The average molecular weight is 349 g/mol. The van der Waals surface area contributed by atoms with E-state index in [9.17, 15) is 4.79 Å². The Morgan fingerprint density at radius 2 is 1.69 bits per heavy atom. The lowest BCUT2D eigenvalue weighted by Crippen LogP contribution is -2.34. The summed E-state index contributed by atoms with van der Waals surface area (Å²) in [5, 5.41) is 0. The molecule has 0 spiro atoms. The molecule has 1 aliphatic rings. The summed E-state index contributed by atoms with van der Waals surface area (Å²) < 4.78 is 10.6. The second-order valence-corrected chi connectivity index (χ2v) is 5.97. The van der Waals surface area contributed by atoms with Crippen molar-refractivity contribution in [3.05, 3.63) is 84.0 Å². The van der Waals surface area contributed by atoms with Gasteiger partial charge in [-0.05, 0) is 42.0 Å². The zero-order valence-corrected chi connectivity index (χ0v) is 14.9. The van der Waals surface area contributed by atoms with Gasteiger partial charge in [-0.3, -0.25) is 4.79 Å². The molecule has 0 radical (unpaired) electrons. The minimum absolute atomic E-state index is 0.0294. The highest BCUT2D eigenvalue weighted by Gasteiger charge is 2.14. The summed E-state index contributed by atoms with van der Waals surface area (Å²) in [5.74, 6) is 0.711. The predicted molar refractivity (Wildman–Crippen MR) is 103 cm³/mol. The Morgan fingerprint density at radius 1 is 1.00 bits per heavy atom. The van der Waals surface area contributed by atoms with E-state index in [1.165, 1.54) is 0 Å². The van der Waals surface area contributed by atoms with Crippen LogP contribution in [0.4, 0.5) is 0 Å². The lowest BCUT2D eigenvalue weighted by molar-refractivity contribution is 0.0639. The first-order valence-corrected chi connectivity index (χ1v) is 8.73. The van der Waals surface area contributed by atoms with Crippen LogP contribution in [0.5, 0.6) is 5.75 Å². The highest BCUT2D eigenvalue weighted by Crippen LogP contribution is 2.20. The van der Waals surface area contributed by atoms with Crippen molar-refractivity contribution >= 4 is 11.5 Å². The number of benzene rings is 2. The van der Waals surface area contributed by atoms with Crippen LogP contribution in [0.25, 0.3) is 5.70 Å². The molecular weight excluding hydrogens is 326 g/mol. The Balaban J connectivity index is 1.78. The number of ketones is 1. The number of allylic oxidation sites excluding steroid dienone is 3. The Bertz CT molecular complexity index is 773. The van der Waals surface area contributed by atoms with E-state index in [1.54, 1.807) is 37.5 Å². The van der Waals surface area contributed by atoms with Gasteiger partial charge in [0.2, 0.25) is 0 Å². The second kappa shape index (κ2) is 9.02. The fraction of sp³-hybridized carbons (Fsp3) is 0.227. The highest BCUT2D eigenvalue weighted by atomic mass is 16.5. The molecule has 4 nitrogen and oxygen atoms in total. The maximum atomic E-state index is 12.3. The van der Waals surface area contributed by atoms with Crippen LogP contribution in [0.15, 0.2) is 72.8 Å². The molecular formula is C22H23NO3. The summed E-state index contributed by atoms with van der Waals surface area (Å²) in [6, 6.07) is 17.3. The molecule has 0 N–H and O–H groups in total. The van der Waals surface area contributed by atoms with E-state index in [-0.39, 0.29) is 5.78 Å². The lowest BCUT2D eigenvalue weighted by atomic mass is 10.1. The maximum Gasteiger partial charge on any atom is 0.185 e. The van der Waals surface area contributed by atoms with E-state index in [0.29, 0.717) is 5.56 Å². The highest BCUT2D eigenvalue weighted by molar-refractivity contribution is 6.04. The summed E-state index contributed by atoms with van der Waals surface area (Å²) >= 11 is 0. The van der Waals surface area contributed by atoms with Gasteiger partial charge in [-0.15, -0.1) is 0 Å². The first-order valence-electron chi connectivity index (χ1n) is 8.73. The van der Waals surface area contributed by atoms with Crippen LogP contribution in [-0.2, 0) is 4.74 Å². The topological polar surface area (TPSA) is 38.8 Å². The SMILES string of the molecule is COc1ccc(C(=O)/C=C/C=C(\c2ccccc2)N2CCOCC2)cc1. The quantitative estimate of drug-likeness (QED) is 0.452. The third-order valence-corrected chi connectivity index (χ3v) is 4.30. The van der Waals surface area contributed by atoms with Crippen LogP contribution in [-0.4, -0.2) is 44.1 Å². The van der Waals surface area contributed by atoms with Crippen molar-refractivity contribution in [3.8, 4) is 5.75 Å². The summed E-state index contributed by atoms with van der Waals surface area (Å²) in [6.45, 7) is 3.14. The van der Waals surface area contributed by atoms with Crippen LogP contribution >= 0.6 is 0 Å². The molecule has 134 valence electrons. The molecule has 0 atom stereocenters. The van der Waals surface area contributed by atoms with Crippen LogP contribution < -0.4 is 4.74 Å². The standard InChI is InChI=1S/C22H23NO3/c1-25-20-12-10-19(11-13-20)22(24)9-5-8-21(18-6-3-2-4-7-18)23-14-16-26-17-15-23/h2-13H,14-17H2,1H3/b9-5+,21-8+. The van der Waals surface area contributed by atoms with E-state index >= 15 is 0 Å². The molecule has 0 amide bonds. The van der Waals surface area contributed by atoms with Gasteiger partial charge in [0, 0.05) is 24.4 Å². The molecule has 1 saturated heterocycles. The zero-order chi connectivity index (χ0) is 18.2. The van der Waals surface area contributed by atoms with Crippen LogP contribution in [0.3, 0.4) is 0 Å². The van der Waals surface area contributed by atoms with Gasteiger partial charge in [0.25, 0.3) is 0 Å². The first-order chi connectivity index (χ1) is 12.8. The number of carbonyl (C=O) groups excluding carboxylic acids is 1. The largest absolute Gasteiger partial charge is 0.497 e. The molecule has 3 rings (SSSR count). The number of morpholine rings is 1. The molecule has 0 aliphatic carbocycles. The Kier molecular flexibility index (Phi) is 6.23. The summed E-state index contributed by atoms with van der Waals surface area (Å²) in [4.78, 5) is 14.6. The van der Waals surface area contributed by atoms with Crippen molar-refractivity contribution in [3.63, 3.8) is 0 Å². The molecule has 0 bridgehead atoms. The van der Waals surface area contributed by atoms with E-state index < -0.39 is 0 Å². The van der Waals surface area contributed by atoms with E-state index in [4.69, 9.17) is 9.47 Å². The molecule has 0 saturated carbocycles. The smallest absolute Gasteiger partial charge is 0.185 e. The second-order valence-electron chi connectivity index (χ2n) is 5.97. The van der Waals surface area contributed by atoms with Gasteiger partial charge >= 0.3 is 0 Å². The van der Waals surface area contributed by atoms with Crippen LogP contribution in [0.1, 0.15) is 15.9 Å². The van der Waals surface area contributed by atoms with Crippen LogP contribution in [0, 0.1) is 0 Å². The number of methoxy groups -OCH3 is 1. The number of rotatable bonds is 6. The van der Waals surface area contributed by atoms with Gasteiger partial charge < -0.3 is 14.4 Å². The average Bonchev–Trinajstić information content (AvgIpc) is 2.72. The maximum absolute atomic E-state index is 12.3. The summed E-state index contributed by atoms with van der Waals surface area (Å²) in [7, 11) is 1.61. The van der Waals surface area contributed by atoms with Gasteiger partial charge in [-0.25, -0.2) is 0 Å². The normalized spacial score (nSPS) is 15.3. The zero-order valence-electron chi connectivity index (χ0n) is 14.9. The molecule has 0 aromatic heterocycles. The molecule has 1 fully saturated rings. The van der Waals surface area contributed by atoms with Gasteiger partial charge in [0.1, 0.15) is 5.75 Å². The van der Waals surface area contributed by atoms with Crippen molar-refractivity contribution in [2.75, 3.05) is 33.4 Å². The van der Waals surface area contributed by atoms with Gasteiger partial charge in [0.05, 0.1) is 20.3 Å². The Labute approximate surface area is 154 Å². The Morgan fingerprint density at radius 3 is 2.35 bits per heavy atom. The molecule has 2 aromatic rings. The fourth-order valence-corrected chi connectivity index (χ4v) is 2.88. The summed E-state index contributed by atoms with van der Waals surface area (Å²) in [6.07, 6.45) is 5.43. The third-order valence-electron chi connectivity index (χ3n) is 4.30. The molecule has 4 heteroatoms. The van der Waals surface area contributed by atoms with Crippen molar-refractivity contribution in [1.82, 2.24) is 4.90 Å². The number of hydrogen-bond donors (Lipinski definition) is 0. The van der Waals surface area contributed by atoms with Crippen molar-refractivity contribution in [2.24, 2.45) is 0 Å². The van der Waals surface area contributed by atoms with Crippen molar-refractivity contribution in [1.29, 1.82) is 0 Å². The van der Waals surface area contributed by atoms with Gasteiger partial charge in [-0.2, -0.15) is 0 Å².